The summed E-state index contributed by atoms with van der Waals surface area (Å²) in [6.07, 6.45) is 23.5. The topological polar surface area (TPSA) is 180 Å². The Morgan fingerprint density at radius 3 is 1.30 bits per heavy atom. The molecule has 4 heterocycles. The summed E-state index contributed by atoms with van der Waals surface area (Å²) in [6, 6.07) is 12.5. The maximum Gasteiger partial charge on any atom is 0.328 e. The molecule has 4 aliphatic heterocycles. The molecule has 368 valence electrons. The van der Waals surface area contributed by atoms with E-state index in [4.69, 9.17) is 10.2 Å². The molecule has 0 bridgehead atoms. The number of nitrogens with zero attached hydrogens (tertiary/aromatic N) is 4. The number of hydrogen-bond donors (Lipinski definition) is 4. The van der Waals surface area contributed by atoms with Crippen molar-refractivity contribution < 1.29 is 36.6 Å². The van der Waals surface area contributed by atoms with Crippen LogP contribution in [-0.4, -0.2) is 137 Å². The molecular formula is C50H78N6O8S2. The molecule has 2 aromatic carbocycles. The van der Waals surface area contributed by atoms with E-state index in [0.717, 1.165) is 76.8 Å². The van der Waals surface area contributed by atoms with Crippen LogP contribution in [0.4, 0.5) is 0 Å². The minimum atomic E-state index is -3.43. The minimum absolute atomic E-state index is 0.426. The van der Waals surface area contributed by atoms with Crippen molar-refractivity contribution in [1.82, 2.24) is 29.0 Å². The fourth-order valence-corrected chi connectivity index (χ4v) is 13.2. The molecule has 2 aromatic rings. The summed E-state index contributed by atoms with van der Waals surface area (Å²) in [5.41, 5.74) is 5.03. The predicted molar refractivity (Wildman–Crippen MR) is 259 cm³/mol. The Bertz CT molecular complexity index is 1990. The van der Waals surface area contributed by atoms with E-state index in [1.807, 2.05) is 24.3 Å². The monoisotopic (exact) mass is 955 g/mol. The van der Waals surface area contributed by atoms with Crippen LogP contribution in [0.2, 0.25) is 0 Å². The third-order valence-corrected chi connectivity index (χ3v) is 17.8. The first kappa shape index (κ1) is 52.2. The molecule has 0 radical (unpaired) electrons. The Kier molecular flexibility index (Phi) is 20.1. The first-order chi connectivity index (χ1) is 31.6. The van der Waals surface area contributed by atoms with Crippen LogP contribution in [0.1, 0.15) is 125 Å². The number of hydrogen-bond acceptors (Lipinski definition) is 10. The Labute approximate surface area is 395 Å². The zero-order valence-electron chi connectivity index (χ0n) is 39.7. The molecule has 4 N–H and O–H groups in total. The van der Waals surface area contributed by atoms with Crippen molar-refractivity contribution in [3.05, 3.63) is 70.8 Å². The van der Waals surface area contributed by atoms with Gasteiger partial charge in [-0.2, -0.15) is 0 Å². The standard InChI is InChI=1S/2C23H37N3O2S.C4H4O4/c2*1-25-14-5-8-22(25)11-13-24-29(27,28)23-10-9-20-12-15-26(18-21(20)16-23)17-19-6-3-2-4-7-19;5-3(6)1-2-4(7)8/h2*9-10,16,19,22,24H,2-8,11-15,17-18H2,1H3;1-2H,(H,5,6)(H,7,8)/b;;2-1+/t2*22-;/m00./s1. The van der Waals surface area contributed by atoms with Crippen molar-refractivity contribution in [1.29, 1.82) is 0 Å². The fraction of sp³-hybridized carbons (Fsp3) is 0.680. The van der Waals surface area contributed by atoms with Crippen LogP contribution in [-0.2, 0) is 55.6 Å². The van der Waals surface area contributed by atoms with E-state index in [0.29, 0.717) is 47.1 Å². The average molecular weight is 955 g/mol. The van der Waals surface area contributed by atoms with Crippen molar-refractivity contribution in [3.8, 4) is 0 Å². The summed E-state index contributed by atoms with van der Waals surface area (Å²) < 4.78 is 57.0. The van der Waals surface area contributed by atoms with E-state index in [-0.39, 0.29) is 0 Å². The molecule has 66 heavy (non-hydrogen) atoms. The van der Waals surface area contributed by atoms with E-state index in [1.165, 1.54) is 125 Å². The van der Waals surface area contributed by atoms with Gasteiger partial charge >= 0.3 is 11.9 Å². The zero-order chi connectivity index (χ0) is 47.1. The maximum absolute atomic E-state index is 12.8. The lowest BCUT2D eigenvalue weighted by molar-refractivity contribution is -0.134. The molecule has 0 unspecified atom stereocenters. The van der Waals surface area contributed by atoms with Gasteiger partial charge in [-0.15, -0.1) is 0 Å². The molecule has 4 fully saturated rings. The van der Waals surface area contributed by atoms with E-state index < -0.39 is 32.0 Å². The van der Waals surface area contributed by atoms with Crippen molar-refractivity contribution >= 4 is 32.0 Å². The van der Waals surface area contributed by atoms with Crippen LogP contribution in [0, 0.1) is 11.8 Å². The number of benzene rings is 2. The quantitative estimate of drug-likeness (QED) is 0.135. The lowest BCUT2D eigenvalue weighted by Crippen LogP contribution is -2.35. The van der Waals surface area contributed by atoms with Crippen molar-refractivity contribution in [2.45, 2.75) is 151 Å². The minimum Gasteiger partial charge on any atom is -0.478 e. The number of rotatable bonds is 16. The van der Waals surface area contributed by atoms with Gasteiger partial charge in [0.1, 0.15) is 0 Å². The van der Waals surface area contributed by atoms with Crippen molar-refractivity contribution in [3.63, 3.8) is 0 Å². The highest BCUT2D eigenvalue weighted by Gasteiger charge is 2.27. The molecule has 2 atom stereocenters. The number of carboxylic acid groups (broad SMARTS) is 2. The van der Waals surface area contributed by atoms with Crippen molar-refractivity contribution in [2.24, 2.45) is 11.8 Å². The number of carboxylic acids is 2. The van der Waals surface area contributed by atoms with E-state index in [1.54, 1.807) is 12.1 Å². The van der Waals surface area contributed by atoms with Gasteiger partial charge in [-0.1, -0.05) is 50.7 Å². The molecule has 6 aliphatic rings. The number of fused-ring (bicyclic) bond motifs is 2. The number of nitrogens with one attached hydrogen (secondary N) is 2. The smallest absolute Gasteiger partial charge is 0.328 e. The van der Waals surface area contributed by atoms with Gasteiger partial charge in [-0.3, -0.25) is 9.80 Å². The molecule has 8 rings (SSSR count). The number of likely N-dealkylation sites (tertiary alicyclic amines) is 2. The normalized spacial score (nSPS) is 22.8. The van der Waals surface area contributed by atoms with Gasteiger partial charge in [-0.05, 0) is 163 Å². The molecular weight excluding hydrogens is 877 g/mol. The summed E-state index contributed by atoms with van der Waals surface area (Å²) in [5, 5.41) is 15.6. The van der Waals surface area contributed by atoms with Gasteiger partial charge in [0.25, 0.3) is 0 Å². The number of carbonyl (C=O) groups is 2. The largest absolute Gasteiger partial charge is 0.478 e. The first-order valence-electron chi connectivity index (χ1n) is 24.9. The lowest BCUT2D eigenvalue weighted by atomic mass is 9.88. The Hall–Kier alpha value is -3.22. The average Bonchev–Trinajstić information content (AvgIpc) is 3.92. The Morgan fingerprint density at radius 2 is 0.955 bits per heavy atom. The van der Waals surface area contributed by atoms with Crippen LogP contribution in [0.3, 0.4) is 0 Å². The highest BCUT2D eigenvalue weighted by molar-refractivity contribution is 7.89. The van der Waals surface area contributed by atoms with Gasteiger partial charge < -0.3 is 20.0 Å². The second-order valence-electron chi connectivity index (χ2n) is 19.8. The number of sulfonamides is 2. The van der Waals surface area contributed by atoms with E-state index in [2.05, 4.69) is 43.1 Å². The fourth-order valence-electron chi connectivity index (χ4n) is 11.0. The Balaban J connectivity index is 0.000000188. The zero-order valence-corrected chi connectivity index (χ0v) is 41.3. The van der Waals surface area contributed by atoms with E-state index in [9.17, 15) is 26.4 Å². The van der Waals surface area contributed by atoms with Crippen LogP contribution < -0.4 is 9.44 Å². The Morgan fingerprint density at radius 1 is 0.561 bits per heavy atom. The summed E-state index contributed by atoms with van der Waals surface area (Å²) >= 11 is 0. The summed E-state index contributed by atoms with van der Waals surface area (Å²) in [6.45, 7) is 9.60. The maximum atomic E-state index is 12.8. The van der Waals surface area contributed by atoms with Gasteiger partial charge in [-0.25, -0.2) is 35.9 Å². The summed E-state index contributed by atoms with van der Waals surface area (Å²) in [5.74, 6) is -0.861. The van der Waals surface area contributed by atoms with Crippen LogP contribution in [0.5, 0.6) is 0 Å². The second-order valence-corrected chi connectivity index (χ2v) is 23.3. The third kappa shape index (κ3) is 16.2. The van der Waals surface area contributed by atoms with Gasteiger partial charge in [0, 0.05) is 76.6 Å². The van der Waals surface area contributed by atoms with Crippen LogP contribution in [0.15, 0.2) is 58.3 Å². The molecule has 0 amide bonds. The third-order valence-electron chi connectivity index (χ3n) is 14.9. The predicted octanol–water partition coefficient (Wildman–Crippen LogP) is 6.49. The summed E-state index contributed by atoms with van der Waals surface area (Å²) in [4.78, 5) is 29.7. The van der Waals surface area contributed by atoms with Gasteiger partial charge in [0.2, 0.25) is 20.0 Å². The van der Waals surface area contributed by atoms with Gasteiger partial charge in [0.05, 0.1) is 9.79 Å². The molecule has 2 aliphatic carbocycles. The van der Waals surface area contributed by atoms with Gasteiger partial charge in [0.15, 0.2) is 0 Å². The highest BCUT2D eigenvalue weighted by atomic mass is 32.2. The highest BCUT2D eigenvalue weighted by Crippen LogP contribution is 2.30. The SMILES string of the molecule is CN1CCC[C@H]1CCNS(=O)(=O)c1ccc2c(c1)CN(CC1CCCCC1)CC2.CN1CCC[C@H]1CCNS(=O)(=O)c1ccc2c(c1)CN(CC1CCCCC1)CC2.O=C(O)/C=C/C(=O)O. The first-order valence-corrected chi connectivity index (χ1v) is 27.8. The molecule has 2 saturated heterocycles. The molecule has 16 heteroatoms. The van der Waals surface area contributed by atoms with Crippen LogP contribution in [0.25, 0.3) is 0 Å². The lowest BCUT2D eigenvalue weighted by Gasteiger charge is -2.33. The molecule has 0 spiro atoms. The van der Waals surface area contributed by atoms with E-state index >= 15 is 0 Å². The molecule has 2 saturated carbocycles. The molecule has 14 nitrogen and oxygen atoms in total. The summed E-state index contributed by atoms with van der Waals surface area (Å²) in [7, 11) is -2.60. The number of aliphatic carboxylic acids is 2. The van der Waals surface area contributed by atoms with Crippen LogP contribution >= 0.6 is 0 Å². The second kappa shape index (κ2) is 25.4. The van der Waals surface area contributed by atoms with Crippen molar-refractivity contribution in [2.75, 3.05) is 66.5 Å². The molecule has 0 aromatic heterocycles.